The molecule has 1 aliphatic rings. The lowest BCUT2D eigenvalue weighted by Crippen LogP contribution is -2.17. The van der Waals surface area contributed by atoms with E-state index in [2.05, 4.69) is 193 Å². The molecule has 0 saturated carbocycles. The Morgan fingerprint density at radius 1 is 0.436 bits per heavy atom. The van der Waals surface area contributed by atoms with Crippen LogP contribution in [0.2, 0.25) is 0 Å². The third-order valence-electron chi connectivity index (χ3n) is 12.1. The normalized spacial score (nSPS) is 13.4. The first kappa shape index (κ1) is 30.4. The van der Waals surface area contributed by atoms with Crippen molar-refractivity contribution in [3.8, 4) is 33.9 Å². The summed E-state index contributed by atoms with van der Waals surface area (Å²) >= 11 is 0. The van der Waals surface area contributed by atoms with Crippen molar-refractivity contribution in [2.75, 3.05) is 0 Å². The van der Waals surface area contributed by atoms with Crippen molar-refractivity contribution in [2.24, 2.45) is 0 Å². The fourth-order valence-electron chi connectivity index (χ4n) is 9.72. The van der Waals surface area contributed by atoms with Crippen molar-refractivity contribution in [3.63, 3.8) is 0 Å². The van der Waals surface area contributed by atoms with E-state index in [1.54, 1.807) is 0 Å². The molecule has 0 amide bonds. The van der Waals surface area contributed by atoms with Gasteiger partial charge in [-0.2, -0.15) is 0 Å². The molecule has 0 saturated heterocycles. The first-order valence-corrected chi connectivity index (χ1v) is 19.0. The lowest BCUT2D eigenvalue weighted by molar-refractivity contribution is 0.661. The van der Waals surface area contributed by atoms with Gasteiger partial charge in [-0.05, 0) is 75.5 Å². The zero-order valence-corrected chi connectivity index (χ0v) is 30.5. The monoisotopic (exact) mass is 702 g/mol. The Morgan fingerprint density at radius 3 is 1.87 bits per heavy atom. The summed E-state index contributed by atoms with van der Waals surface area (Å²) in [5.74, 6) is 0.827. The molecule has 0 aliphatic heterocycles. The fraction of sp³-hybridized carbons (Fsp3) is 0.0588. The van der Waals surface area contributed by atoms with Gasteiger partial charge in [0, 0.05) is 38.2 Å². The fourth-order valence-corrected chi connectivity index (χ4v) is 9.72. The zero-order valence-electron chi connectivity index (χ0n) is 30.5. The lowest BCUT2D eigenvalue weighted by Gasteiger charge is -2.25. The SMILES string of the molecule is CC1(C)c2ccccc2-c2cccc(-c3nc4ccccc4nc3-n3c4cc(-n5c6ccccc6c6ccccc65)ccc4c4c5ccccc5ccc43)c21. The van der Waals surface area contributed by atoms with Gasteiger partial charge in [0.2, 0.25) is 0 Å². The van der Waals surface area contributed by atoms with Crippen molar-refractivity contribution in [1.29, 1.82) is 0 Å². The van der Waals surface area contributed by atoms with Gasteiger partial charge in [-0.25, -0.2) is 9.97 Å². The second-order valence-electron chi connectivity index (χ2n) is 15.4. The summed E-state index contributed by atoms with van der Waals surface area (Å²) in [5.41, 5.74) is 14.4. The topological polar surface area (TPSA) is 35.6 Å². The molecule has 0 radical (unpaired) electrons. The highest BCUT2D eigenvalue weighted by Gasteiger charge is 2.38. The van der Waals surface area contributed by atoms with Crippen molar-refractivity contribution < 1.29 is 0 Å². The summed E-state index contributed by atoms with van der Waals surface area (Å²) in [6, 6.07) is 61.5. The third kappa shape index (κ3) is 4.11. The number of benzene rings is 8. The average molecular weight is 703 g/mol. The molecule has 0 atom stereocenters. The minimum absolute atomic E-state index is 0.228. The van der Waals surface area contributed by atoms with Gasteiger partial charge in [-0.1, -0.05) is 141 Å². The van der Waals surface area contributed by atoms with Crippen LogP contribution in [0.5, 0.6) is 0 Å². The van der Waals surface area contributed by atoms with E-state index in [9.17, 15) is 0 Å². The molecule has 4 heteroatoms. The Labute approximate surface area is 317 Å². The maximum absolute atomic E-state index is 5.58. The van der Waals surface area contributed by atoms with Gasteiger partial charge in [-0.3, -0.25) is 4.57 Å². The quantitative estimate of drug-likeness (QED) is 0.184. The maximum atomic E-state index is 5.58. The van der Waals surface area contributed by atoms with Gasteiger partial charge in [0.1, 0.15) is 5.69 Å². The first-order valence-electron chi connectivity index (χ1n) is 19.0. The summed E-state index contributed by atoms with van der Waals surface area (Å²) in [6.45, 7) is 4.69. The third-order valence-corrected chi connectivity index (χ3v) is 12.1. The van der Waals surface area contributed by atoms with Crippen LogP contribution in [-0.2, 0) is 5.41 Å². The number of aromatic nitrogens is 4. The smallest absolute Gasteiger partial charge is 0.165 e. The van der Waals surface area contributed by atoms with E-state index in [1.807, 2.05) is 0 Å². The summed E-state index contributed by atoms with van der Waals surface area (Å²) in [5, 5.41) is 7.33. The van der Waals surface area contributed by atoms with Crippen LogP contribution in [0.3, 0.4) is 0 Å². The van der Waals surface area contributed by atoms with Gasteiger partial charge in [0.25, 0.3) is 0 Å². The van der Waals surface area contributed by atoms with Crippen LogP contribution in [0.1, 0.15) is 25.0 Å². The first-order chi connectivity index (χ1) is 27.1. The summed E-state index contributed by atoms with van der Waals surface area (Å²) in [7, 11) is 0. The Balaban J connectivity index is 1.23. The van der Waals surface area contributed by atoms with Crippen molar-refractivity contribution in [1.82, 2.24) is 19.1 Å². The molecule has 0 spiro atoms. The summed E-state index contributed by atoms with van der Waals surface area (Å²) in [4.78, 5) is 11.1. The Morgan fingerprint density at radius 2 is 1.07 bits per heavy atom. The molecular formula is C51H34N4. The standard InChI is InChI=1S/C51H34N4/c1-51(2)40-21-8-5-16-34(40)37-19-13-20-39(48(37)51)49-50(53-42-23-10-9-22-41(42)52-49)55-45-29-26-31-14-3-4-15-33(31)47(45)38-28-27-32(30-46(38)55)54-43-24-11-6-17-35(43)36-18-7-12-25-44(36)54/h3-30H,1-2H3. The molecule has 11 aromatic rings. The highest BCUT2D eigenvalue weighted by molar-refractivity contribution is 6.22. The Hall–Kier alpha value is -7.04. The van der Waals surface area contributed by atoms with Crippen LogP contribution < -0.4 is 0 Å². The molecule has 3 aromatic heterocycles. The Bertz CT molecular complexity index is 3360. The molecule has 0 fully saturated rings. The predicted molar refractivity (Wildman–Crippen MR) is 229 cm³/mol. The molecule has 55 heavy (non-hydrogen) atoms. The molecule has 0 N–H and O–H groups in total. The van der Waals surface area contributed by atoms with E-state index in [0.29, 0.717) is 0 Å². The number of para-hydroxylation sites is 4. The maximum Gasteiger partial charge on any atom is 0.165 e. The number of rotatable bonds is 3. The largest absolute Gasteiger partial charge is 0.309 e. The highest BCUT2D eigenvalue weighted by atomic mass is 15.1. The number of fused-ring (bicyclic) bond motifs is 12. The summed E-state index contributed by atoms with van der Waals surface area (Å²) < 4.78 is 4.79. The van der Waals surface area contributed by atoms with Gasteiger partial charge < -0.3 is 4.57 Å². The van der Waals surface area contributed by atoms with E-state index < -0.39 is 0 Å². The van der Waals surface area contributed by atoms with Crippen LogP contribution in [0.4, 0.5) is 0 Å². The lowest BCUT2D eigenvalue weighted by atomic mass is 9.79. The molecular weight excluding hydrogens is 669 g/mol. The molecule has 12 rings (SSSR count). The minimum atomic E-state index is -0.228. The minimum Gasteiger partial charge on any atom is -0.309 e. The molecule has 4 nitrogen and oxygen atoms in total. The zero-order chi connectivity index (χ0) is 36.4. The number of hydrogen-bond donors (Lipinski definition) is 0. The van der Waals surface area contributed by atoms with E-state index in [1.165, 1.54) is 65.6 Å². The van der Waals surface area contributed by atoms with Crippen LogP contribution in [0.15, 0.2) is 170 Å². The van der Waals surface area contributed by atoms with Gasteiger partial charge in [0.05, 0.1) is 33.1 Å². The second kappa shape index (κ2) is 11.0. The van der Waals surface area contributed by atoms with E-state index in [4.69, 9.17) is 9.97 Å². The van der Waals surface area contributed by atoms with Crippen LogP contribution in [-0.4, -0.2) is 19.1 Å². The van der Waals surface area contributed by atoms with E-state index >= 15 is 0 Å². The number of nitrogens with zero attached hydrogens (tertiary/aromatic N) is 4. The molecule has 1 aliphatic carbocycles. The summed E-state index contributed by atoms with van der Waals surface area (Å²) in [6.07, 6.45) is 0. The molecule has 3 heterocycles. The van der Waals surface area contributed by atoms with E-state index in [-0.39, 0.29) is 5.41 Å². The molecule has 0 bridgehead atoms. The number of hydrogen-bond acceptors (Lipinski definition) is 2. The van der Waals surface area contributed by atoms with Gasteiger partial charge in [-0.15, -0.1) is 0 Å². The molecule has 0 unspecified atom stereocenters. The average Bonchev–Trinajstić information content (AvgIpc) is 3.83. The molecule has 258 valence electrons. The Kier molecular flexibility index (Phi) is 6.09. The van der Waals surface area contributed by atoms with Crippen molar-refractivity contribution >= 4 is 65.4 Å². The van der Waals surface area contributed by atoms with E-state index in [0.717, 1.165) is 44.8 Å². The van der Waals surface area contributed by atoms with Gasteiger partial charge in [0.15, 0.2) is 5.82 Å². The molecule has 8 aromatic carbocycles. The van der Waals surface area contributed by atoms with Crippen molar-refractivity contribution in [3.05, 3.63) is 181 Å². The highest BCUT2D eigenvalue weighted by Crippen LogP contribution is 2.53. The van der Waals surface area contributed by atoms with Gasteiger partial charge >= 0.3 is 0 Å². The van der Waals surface area contributed by atoms with Crippen LogP contribution in [0, 0.1) is 0 Å². The predicted octanol–water partition coefficient (Wildman–Crippen LogP) is 13.0. The second-order valence-corrected chi connectivity index (χ2v) is 15.4. The van der Waals surface area contributed by atoms with Crippen LogP contribution >= 0.6 is 0 Å². The van der Waals surface area contributed by atoms with Crippen LogP contribution in [0.25, 0.3) is 99.3 Å². The van der Waals surface area contributed by atoms with Crippen molar-refractivity contribution in [2.45, 2.75) is 19.3 Å².